The molecule has 0 bridgehead atoms. The molecule has 3 nitrogen and oxygen atoms in total. The van der Waals surface area contributed by atoms with Crippen LogP contribution in [0.2, 0.25) is 0 Å². The van der Waals surface area contributed by atoms with E-state index in [1.165, 1.54) is 12.8 Å². The molecule has 0 aliphatic heterocycles. The molecule has 116 valence electrons. The Hall–Kier alpha value is -1.81. The highest BCUT2D eigenvalue weighted by atomic mass is 32.1. The van der Waals surface area contributed by atoms with E-state index in [9.17, 15) is 4.79 Å². The first-order chi connectivity index (χ1) is 10.7. The lowest BCUT2D eigenvalue weighted by molar-refractivity contribution is 0.0655. The van der Waals surface area contributed by atoms with Crippen molar-refractivity contribution in [3.8, 4) is 5.75 Å². The van der Waals surface area contributed by atoms with Crippen LogP contribution in [0.3, 0.4) is 0 Å². The third-order valence-corrected chi connectivity index (χ3v) is 5.02. The van der Waals surface area contributed by atoms with E-state index < -0.39 is 0 Å². The van der Waals surface area contributed by atoms with E-state index in [-0.39, 0.29) is 11.9 Å². The van der Waals surface area contributed by atoms with Gasteiger partial charge in [-0.3, -0.25) is 4.79 Å². The predicted molar refractivity (Wildman–Crippen MR) is 89.4 cm³/mol. The highest BCUT2D eigenvalue weighted by Gasteiger charge is 2.34. The van der Waals surface area contributed by atoms with Crippen molar-refractivity contribution in [2.45, 2.75) is 32.4 Å². The number of carbonyl (C=O) groups excluding carboxylic acids is 1. The second kappa shape index (κ2) is 6.53. The fraction of sp³-hybridized carbons (Fsp3) is 0.389. The smallest absolute Gasteiger partial charge is 0.255 e. The molecule has 1 amide bonds. The zero-order valence-electron chi connectivity index (χ0n) is 13.0. The summed E-state index contributed by atoms with van der Waals surface area (Å²) in [5, 5.41) is 3.89. The number of hydrogen-bond donors (Lipinski definition) is 0. The number of ether oxygens (including phenoxy) is 1. The average molecular weight is 315 g/mol. The van der Waals surface area contributed by atoms with Gasteiger partial charge in [0.05, 0.1) is 12.7 Å². The molecular weight excluding hydrogens is 294 g/mol. The monoisotopic (exact) mass is 315 g/mol. The average Bonchev–Trinajstić information content (AvgIpc) is 3.26. The molecule has 0 saturated heterocycles. The third kappa shape index (κ3) is 3.33. The molecule has 0 radical (unpaired) electrons. The molecule has 4 heteroatoms. The van der Waals surface area contributed by atoms with E-state index in [1.54, 1.807) is 18.4 Å². The lowest BCUT2D eigenvalue weighted by Crippen LogP contribution is -2.39. The van der Waals surface area contributed by atoms with Crippen LogP contribution >= 0.6 is 11.3 Å². The fourth-order valence-corrected chi connectivity index (χ4v) is 3.34. The summed E-state index contributed by atoms with van der Waals surface area (Å²) >= 11 is 1.57. The van der Waals surface area contributed by atoms with Crippen molar-refractivity contribution in [3.63, 3.8) is 0 Å². The number of carbonyl (C=O) groups is 1. The summed E-state index contributed by atoms with van der Waals surface area (Å²) in [7, 11) is 1.66. The molecule has 0 N–H and O–H groups in total. The maximum Gasteiger partial charge on any atom is 0.255 e. The Labute approximate surface area is 135 Å². The second-order valence-corrected chi connectivity index (χ2v) is 6.65. The zero-order valence-corrected chi connectivity index (χ0v) is 13.8. The van der Waals surface area contributed by atoms with Gasteiger partial charge in [-0.05, 0) is 54.8 Å². The molecule has 1 aliphatic rings. The molecule has 1 atom stereocenters. The molecule has 22 heavy (non-hydrogen) atoms. The van der Waals surface area contributed by atoms with Gasteiger partial charge in [0.2, 0.25) is 0 Å². The molecule has 1 aromatic carbocycles. The zero-order chi connectivity index (χ0) is 15.5. The molecule has 1 heterocycles. The van der Waals surface area contributed by atoms with Crippen molar-refractivity contribution >= 4 is 17.2 Å². The number of rotatable bonds is 6. The summed E-state index contributed by atoms with van der Waals surface area (Å²) in [6, 6.07) is 10.2. The largest absolute Gasteiger partial charge is 0.497 e. The molecule has 1 saturated carbocycles. The number of hydrogen-bond acceptors (Lipinski definition) is 3. The maximum atomic E-state index is 12.8. The minimum atomic E-state index is 0.136. The topological polar surface area (TPSA) is 29.5 Å². The summed E-state index contributed by atoms with van der Waals surface area (Å²) in [5.41, 5.74) is 1.93. The van der Waals surface area contributed by atoms with E-state index in [1.807, 2.05) is 46.0 Å². The van der Waals surface area contributed by atoms with Gasteiger partial charge >= 0.3 is 0 Å². The van der Waals surface area contributed by atoms with Gasteiger partial charge in [-0.15, -0.1) is 0 Å². The Balaban J connectivity index is 1.79. The van der Waals surface area contributed by atoms with Crippen molar-refractivity contribution < 1.29 is 9.53 Å². The number of methoxy groups -OCH3 is 1. The van der Waals surface area contributed by atoms with Gasteiger partial charge in [0.1, 0.15) is 5.75 Å². The Morgan fingerprint density at radius 2 is 2.05 bits per heavy atom. The minimum absolute atomic E-state index is 0.136. The molecule has 1 aliphatic carbocycles. The standard InChI is InChI=1S/C18H21NO2S/c1-13(15-5-6-15)19(18(20)16-9-10-22-12-16)11-14-3-7-17(21-2)8-4-14/h3-4,7-10,12-13,15H,5-6,11H2,1-2H3. The Morgan fingerprint density at radius 1 is 1.32 bits per heavy atom. The van der Waals surface area contributed by atoms with E-state index in [2.05, 4.69) is 6.92 Å². The van der Waals surface area contributed by atoms with E-state index in [0.29, 0.717) is 12.5 Å². The summed E-state index contributed by atoms with van der Waals surface area (Å²) in [6.07, 6.45) is 2.47. The maximum absolute atomic E-state index is 12.8. The van der Waals surface area contributed by atoms with Crippen LogP contribution in [0.5, 0.6) is 5.75 Å². The molecule has 3 rings (SSSR count). The number of nitrogens with zero attached hydrogens (tertiary/aromatic N) is 1. The van der Waals surface area contributed by atoms with Crippen LogP contribution < -0.4 is 4.74 Å². The van der Waals surface area contributed by atoms with Crippen LogP contribution in [-0.4, -0.2) is 24.0 Å². The van der Waals surface area contributed by atoms with Crippen molar-refractivity contribution in [2.24, 2.45) is 5.92 Å². The van der Waals surface area contributed by atoms with Crippen molar-refractivity contribution in [2.75, 3.05) is 7.11 Å². The SMILES string of the molecule is COc1ccc(CN(C(=O)c2ccsc2)C(C)C2CC2)cc1. The minimum Gasteiger partial charge on any atom is -0.497 e. The van der Waals surface area contributed by atoms with E-state index in [4.69, 9.17) is 4.74 Å². The van der Waals surface area contributed by atoms with Crippen LogP contribution in [0.15, 0.2) is 41.1 Å². The second-order valence-electron chi connectivity index (χ2n) is 5.87. The molecular formula is C18H21NO2S. The lowest BCUT2D eigenvalue weighted by atomic mass is 10.1. The normalized spacial score (nSPS) is 15.4. The van der Waals surface area contributed by atoms with Gasteiger partial charge in [-0.2, -0.15) is 11.3 Å². The fourth-order valence-electron chi connectivity index (χ4n) is 2.71. The highest BCUT2D eigenvalue weighted by Crippen LogP contribution is 2.36. The van der Waals surface area contributed by atoms with Crippen LogP contribution in [0.4, 0.5) is 0 Å². The summed E-state index contributed by atoms with van der Waals surface area (Å²) < 4.78 is 5.20. The number of thiophene rings is 1. The Kier molecular flexibility index (Phi) is 4.48. The first kappa shape index (κ1) is 15.1. The van der Waals surface area contributed by atoms with Gasteiger partial charge < -0.3 is 9.64 Å². The van der Waals surface area contributed by atoms with Crippen LogP contribution in [-0.2, 0) is 6.54 Å². The Bertz CT molecular complexity index is 617. The summed E-state index contributed by atoms with van der Waals surface area (Å²) in [6.45, 7) is 2.82. The molecule has 1 fully saturated rings. The van der Waals surface area contributed by atoms with E-state index >= 15 is 0 Å². The lowest BCUT2D eigenvalue weighted by Gasteiger charge is -2.29. The van der Waals surface area contributed by atoms with Crippen molar-refractivity contribution in [1.82, 2.24) is 4.90 Å². The molecule has 1 aromatic heterocycles. The number of amides is 1. The van der Waals surface area contributed by atoms with Gasteiger partial charge in [0, 0.05) is 18.0 Å². The van der Waals surface area contributed by atoms with Gasteiger partial charge in [0.15, 0.2) is 0 Å². The van der Waals surface area contributed by atoms with Crippen molar-refractivity contribution in [1.29, 1.82) is 0 Å². The number of benzene rings is 1. The Morgan fingerprint density at radius 3 is 2.59 bits per heavy atom. The van der Waals surface area contributed by atoms with Crippen LogP contribution in [0.1, 0.15) is 35.7 Å². The first-order valence-corrected chi connectivity index (χ1v) is 8.59. The third-order valence-electron chi connectivity index (χ3n) is 4.34. The van der Waals surface area contributed by atoms with E-state index in [0.717, 1.165) is 16.9 Å². The quantitative estimate of drug-likeness (QED) is 0.799. The highest BCUT2D eigenvalue weighted by molar-refractivity contribution is 7.08. The van der Waals surface area contributed by atoms with Gasteiger partial charge in [0.25, 0.3) is 5.91 Å². The van der Waals surface area contributed by atoms with Crippen LogP contribution in [0, 0.1) is 5.92 Å². The van der Waals surface area contributed by atoms with Gasteiger partial charge in [-0.25, -0.2) is 0 Å². The van der Waals surface area contributed by atoms with Gasteiger partial charge in [-0.1, -0.05) is 12.1 Å². The van der Waals surface area contributed by atoms with Crippen molar-refractivity contribution in [3.05, 3.63) is 52.2 Å². The first-order valence-electron chi connectivity index (χ1n) is 7.65. The molecule has 0 spiro atoms. The van der Waals surface area contributed by atoms with Crippen LogP contribution in [0.25, 0.3) is 0 Å². The predicted octanol–water partition coefficient (Wildman–Crippen LogP) is 4.20. The molecule has 1 unspecified atom stereocenters. The summed E-state index contributed by atoms with van der Waals surface area (Å²) in [4.78, 5) is 14.8. The molecule has 2 aromatic rings. The summed E-state index contributed by atoms with van der Waals surface area (Å²) in [5.74, 6) is 1.63.